The van der Waals surface area contributed by atoms with Crippen LogP contribution in [0.2, 0.25) is 0 Å². The molecule has 1 atom stereocenters. The van der Waals surface area contributed by atoms with Crippen LogP contribution in [0.4, 0.5) is 0 Å². The predicted molar refractivity (Wildman–Crippen MR) is 87.8 cm³/mol. The van der Waals surface area contributed by atoms with Crippen molar-refractivity contribution in [2.75, 3.05) is 0 Å². The second-order valence-corrected chi connectivity index (χ2v) is 5.81. The molecule has 1 N–H and O–H groups in total. The van der Waals surface area contributed by atoms with E-state index in [1.807, 2.05) is 60.7 Å². The van der Waals surface area contributed by atoms with Gasteiger partial charge in [-0.25, -0.2) is 0 Å². The monoisotopic (exact) mass is 292 g/mol. The summed E-state index contributed by atoms with van der Waals surface area (Å²) in [6.45, 7) is 0. The molecule has 0 aliphatic heterocycles. The second kappa shape index (κ2) is 6.18. The molecule has 3 rings (SSSR count). The highest BCUT2D eigenvalue weighted by atomic mass is 16.4. The normalized spacial score (nSPS) is 18.1. The van der Waals surface area contributed by atoms with Crippen LogP contribution in [0.15, 0.2) is 72.8 Å². The molecule has 0 fully saturated rings. The zero-order chi connectivity index (χ0) is 15.4. The maximum Gasteiger partial charge on any atom is 0.319 e. The van der Waals surface area contributed by atoms with Gasteiger partial charge in [0.05, 0.1) is 0 Å². The molecule has 0 saturated carbocycles. The van der Waals surface area contributed by atoms with Gasteiger partial charge in [-0.1, -0.05) is 72.8 Å². The molecule has 0 saturated heterocycles. The third kappa shape index (κ3) is 2.35. The van der Waals surface area contributed by atoms with Gasteiger partial charge in [0, 0.05) is 5.92 Å². The van der Waals surface area contributed by atoms with Gasteiger partial charge in [-0.05, 0) is 30.4 Å². The van der Waals surface area contributed by atoms with E-state index in [0.29, 0.717) is 0 Å². The van der Waals surface area contributed by atoms with Gasteiger partial charge >= 0.3 is 5.97 Å². The third-order valence-corrected chi connectivity index (χ3v) is 4.61. The van der Waals surface area contributed by atoms with Gasteiger partial charge in [0.2, 0.25) is 0 Å². The first-order valence-corrected chi connectivity index (χ1v) is 7.77. The smallest absolute Gasteiger partial charge is 0.319 e. The first-order chi connectivity index (χ1) is 10.8. The highest BCUT2D eigenvalue weighted by Gasteiger charge is 2.47. The van der Waals surface area contributed by atoms with Crippen molar-refractivity contribution in [3.8, 4) is 0 Å². The number of hydrogen-bond acceptors (Lipinski definition) is 1. The maximum absolute atomic E-state index is 12.5. The molecular formula is C20H20O2. The summed E-state index contributed by atoms with van der Waals surface area (Å²) in [5, 5.41) is 10.2. The van der Waals surface area contributed by atoms with E-state index >= 15 is 0 Å². The Kier molecular flexibility index (Phi) is 4.10. The van der Waals surface area contributed by atoms with Gasteiger partial charge in [-0.2, -0.15) is 0 Å². The van der Waals surface area contributed by atoms with Gasteiger partial charge in [0.1, 0.15) is 5.41 Å². The minimum absolute atomic E-state index is 0.0245. The van der Waals surface area contributed by atoms with Crippen molar-refractivity contribution >= 4 is 5.97 Å². The molecule has 0 radical (unpaired) electrons. The standard InChI is InChI=1S/C20H20O2/c21-19(22)20(16-10-4-1-5-11-16,17-12-6-2-7-13-17)18-14-8-3-9-15-18/h1-2,4-8,10-14,18H,3,9,15H2,(H,21,22). The molecule has 0 spiro atoms. The van der Waals surface area contributed by atoms with E-state index in [4.69, 9.17) is 0 Å². The van der Waals surface area contributed by atoms with Crippen LogP contribution in [-0.2, 0) is 10.2 Å². The van der Waals surface area contributed by atoms with E-state index < -0.39 is 11.4 Å². The van der Waals surface area contributed by atoms with Gasteiger partial charge in [0.25, 0.3) is 0 Å². The fourth-order valence-corrected chi connectivity index (χ4v) is 3.58. The summed E-state index contributed by atoms with van der Waals surface area (Å²) in [7, 11) is 0. The minimum Gasteiger partial charge on any atom is -0.480 e. The fourth-order valence-electron chi connectivity index (χ4n) is 3.58. The molecule has 0 amide bonds. The zero-order valence-corrected chi connectivity index (χ0v) is 12.5. The lowest BCUT2D eigenvalue weighted by molar-refractivity contribution is -0.143. The molecule has 1 aliphatic rings. The molecule has 22 heavy (non-hydrogen) atoms. The molecule has 2 aromatic carbocycles. The lowest BCUT2D eigenvalue weighted by Gasteiger charge is -2.38. The van der Waals surface area contributed by atoms with Crippen molar-refractivity contribution in [3.05, 3.63) is 83.9 Å². The molecule has 1 unspecified atom stereocenters. The molecular weight excluding hydrogens is 272 g/mol. The fraction of sp³-hybridized carbons (Fsp3) is 0.250. The molecule has 1 aliphatic carbocycles. The summed E-state index contributed by atoms with van der Waals surface area (Å²) in [5.74, 6) is -0.801. The van der Waals surface area contributed by atoms with Gasteiger partial charge < -0.3 is 5.11 Å². The Morgan fingerprint density at radius 3 is 1.91 bits per heavy atom. The first-order valence-electron chi connectivity index (χ1n) is 7.77. The summed E-state index contributed by atoms with van der Waals surface area (Å²) in [6, 6.07) is 19.3. The van der Waals surface area contributed by atoms with Crippen LogP contribution in [0.5, 0.6) is 0 Å². The van der Waals surface area contributed by atoms with E-state index in [1.54, 1.807) is 0 Å². The van der Waals surface area contributed by atoms with E-state index in [-0.39, 0.29) is 5.92 Å². The lowest BCUT2D eigenvalue weighted by Crippen LogP contribution is -2.44. The third-order valence-electron chi connectivity index (χ3n) is 4.61. The summed E-state index contributed by atoms with van der Waals surface area (Å²) in [4.78, 5) is 12.5. The van der Waals surface area contributed by atoms with Crippen LogP contribution in [0, 0.1) is 5.92 Å². The van der Waals surface area contributed by atoms with Crippen molar-refractivity contribution < 1.29 is 9.90 Å². The van der Waals surface area contributed by atoms with Gasteiger partial charge in [-0.3, -0.25) is 4.79 Å². The van der Waals surface area contributed by atoms with Crippen molar-refractivity contribution in [1.29, 1.82) is 0 Å². The number of rotatable bonds is 4. The van der Waals surface area contributed by atoms with Crippen LogP contribution in [0.1, 0.15) is 30.4 Å². The largest absolute Gasteiger partial charge is 0.480 e. The molecule has 0 bridgehead atoms. The van der Waals surface area contributed by atoms with Crippen molar-refractivity contribution in [3.63, 3.8) is 0 Å². The molecule has 0 aromatic heterocycles. The molecule has 0 heterocycles. The number of hydrogen-bond donors (Lipinski definition) is 1. The Balaban J connectivity index is 2.26. The van der Waals surface area contributed by atoms with Crippen LogP contribution in [0.3, 0.4) is 0 Å². The minimum atomic E-state index is -1.01. The Hall–Kier alpha value is -2.35. The molecule has 2 aromatic rings. The van der Waals surface area contributed by atoms with Gasteiger partial charge in [-0.15, -0.1) is 0 Å². The summed E-state index contributed by atoms with van der Waals surface area (Å²) >= 11 is 0. The Morgan fingerprint density at radius 2 is 1.50 bits per heavy atom. The Bertz CT molecular complexity index is 619. The van der Waals surface area contributed by atoms with E-state index in [9.17, 15) is 9.90 Å². The molecule has 112 valence electrons. The second-order valence-electron chi connectivity index (χ2n) is 5.81. The number of allylic oxidation sites excluding steroid dienone is 2. The summed E-state index contributed by atoms with van der Waals surface area (Å²) < 4.78 is 0. The SMILES string of the molecule is O=C(O)C(c1ccccc1)(c1ccccc1)C1C=CCCC1. The zero-order valence-electron chi connectivity index (χ0n) is 12.5. The Morgan fingerprint density at radius 1 is 0.955 bits per heavy atom. The lowest BCUT2D eigenvalue weighted by atomic mass is 9.63. The van der Waals surface area contributed by atoms with E-state index in [1.165, 1.54) is 0 Å². The van der Waals surface area contributed by atoms with Crippen LogP contribution < -0.4 is 0 Å². The van der Waals surface area contributed by atoms with Gasteiger partial charge in [0.15, 0.2) is 0 Å². The average molecular weight is 292 g/mol. The van der Waals surface area contributed by atoms with Crippen molar-refractivity contribution in [1.82, 2.24) is 0 Å². The number of aliphatic carboxylic acids is 1. The summed E-state index contributed by atoms with van der Waals surface area (Å²) in [5.41, 5.74) is 0.690. The van der Waals surface area contributed by atoms with Crippen LogP contribution in [-0.4, -0.2) is 11.1 Å². The first kappa shape index (κ1) is 14.6. The maximum atomic E-state index is 12.5. The number of carbonyl (C=O) groups is 1. The van der Waals surface area contributed by atoms with Crippen LogP contribution >= 0.6 is 0 Å². The van der Waals surface area contributed by atoms with Crippen molar-refractivity contribution in [2.24, 2.45) is 5.92 Å². The number of carboxylic acids is 1. The highest BCUT2D eigenvalue weighted by Crippen LogP contribution is 2.44. The van der Waals surface area contributed by atoms with E-state index in [0.717, 1.165) is 30.4 Å². The van der Waals surface area contributed by atoms with Crippen molar-refractivity contribution in [2.45, 2.75) is 24.7 Å². The predicted octanol–water partition coefficient (Wildman–Crippen LogP) is 4.41. The number of benzene rings is 2. The number of carboxylic acid groups (broad SMARTS) is 1. The van der Waals surface area contributed by atoms with E-state index in [2.05, 4.69) is 12.2 Å². The highest BCUT2D eigenvalue weighted by molar-refractivity contribution is 5.87. The molecule has 2 heteroatoms. The average Bonchev–Trinajstić information content (AvgIpc) is 2.58. The van der Waals surface area contributed by atoms with Crippen LogP contribution in [0.25, 0.3) is 0 Å². The quantitative estimate of drug-likeness (QED) is 0.847. The Labute approximate surface area is 131 Å². The molecule has 2 nitrogen and oxygen atoms in total. The topological polar surface area (TPSA) is 37.3 Å². The summed E-state index contributed by atoms with van der Waals surface area (Å²) in [6.07, 6.45) is 7.19.